The number of amides is 1. The zero-order chi connectivity index (χ0) is 22.2. The van der Waals surface area contributed by atoms with Gasteiger partial charge in [0, 0.05) is 42.4 Å². The van der Waals surface area contributed by atoms with Crippen molar-refractivity contribution in [2.75, 3.05) is 30.4 Å². The van der Waals surface area contributed by atoms with E-state index < -0.39 is 0 Å². The van der Waals surface area contributed by atoms with Crippen molar-refractivity contribution in [2.45, 2.75) is 25.9 Å². The van der Waals surface area contributed by atoms with Crippen molar-refractivity contribution in [1.82, 2.24) is 29.9 Å². The molecule has 10 nitrogen and oxygen atoms in total. The summed E-state index contributed by atoms with van der Waals surface area (Å²) >= 11 is 0. The Bertz CT molecular complexity index is 1290. The highest BCUT2D eigenvalue weighted by atomic mass is 16.5. The lowest BCUT2D eigenvalue weighted by molar-refractivity contribution is 0.102. The van der Waals surface area contributed by atoms with E-state index in [1.165, 1.54) is 13.4 Å². The summed E-state index contributed by atoms with van der Waals surface area (Å²) in [6.45, 7) is 6.04. The molecule has 1 aliphatic heterocycles. The summed E-state index contributed by atoms with van der Waals surface area (Å²) in [5, 5.41) is 11.4. The molecule has 1 aromatic carbocycles. The predicted molar refractivity (Wildman–Crippen MR) is 121 cm³/mol. The van der Waals surface area contributed by atoms with Gasteiger partial charge in [-0.1, -0.05) is 0 Å². The van der Waals surface area contributed by atoms with Crippen LogP contribution < -0.4 is 20.3 Å². The average molecular weight is 432 g/mol. The topological polar surface area (TPSA) is 110 Å². The third-order valence-electron chi connectivity index (χ3n) is 5.56. The molecule has 1 aliphatic rings. The summed E-state index contributed by atoms with van der Waals surface area (Å²) < 4.78 is 6.84. The first-order valence-electron chi connectivity index (χ1n) is 10.5. The van der Waals surface area contributed by atoms with E-state index in [0.717, 1.165) is 24.2 Å². The molecule has 5 rings (SSSR count). The molecule has 0 bridgehead atoms. The normalized spacial score (nSPS) is 18.8. The van der Waals surface area contributed by atoms with Crippen LogP contribution in [-0.4, -0.2) is 62.8 Å². The van der Waals surface area contributed by atoms with Crippen molar-refractivity contribution >= 4 is 33.8 Å². The number of ether oxygens (including phenoxy) is 1. The second kappa shape index (κ2) is 8.04. The first-order valence-corrected chi connectivity index (χ1v) is 10.5. The number of fused-ring (bicyclic) bond motifs is 2. The third kappa shape index (κ3) is 3.69. The van der Waals surface area contributed by atoms with Crippen molar-refractivity contribution in [3.05, 3.63) is 48.5 Å². The van der Waals surface area contributed by atoms with E-state index in [-0.39, 0.29) is 11.9 Å². The lowest BCUT2D eigenvalue weighted by Gasteiger charge is -2.38. The number of hydrogen-bond donors (Lipinski definition) is 2. The van der Waals surface area contributed by atoms with Gasteiger partial charge >= 0.3 is 6.01 Å². The van der Waals surface area contributed by atoms with Crippen LogP contribution in [0, 0.1) is 0 Å². The highest BCUT2D eigenvalue weighted by Gasteiger charge is 2.24. The fraction of sp³-hybridized carbons (Fsp3) is 0.318. The molecule has 1 amide bonds. The first kappa shape index (κ1) is 20.1. The number of hydrogen-bond acceptors (Lipinski definition) is 8. The monoisotopic (exact) mass is 432 g/mol. The van der Waals surface area contributed by atoms with Gasteiger partial charge in [0.2, 0.25) is 0 Å². The Labute approximate surface area is 184 Å². The molecule has 0 radical (unpaired) electrons. The van der Waals surface area contributed by atoms with Gasteiger partial charge in [-0.25, -0.2) is 14.5 Å². The van der Waals surface area contributed by atoms with Crippen LogP contribution in [0.3, 0.4) is 0 Å². The Hall–Kier alpha value is -3.79. The molecule has 4 heterocycles. The van der Waals surface area contributed by atoms with Gasteiger partial charge in [-0.15, -0.1) is 0 Å². The maximum Gasteiger partial charge on any atom is 0.316 e. The average Bonchev–Trinajstić information content (AvgIpc) is 3.25. The summed E-state index contributed by atoms with van der Waals surface area (Å²) in [5.41, 5.74) is 3.31. The Morgan fingerprint density at radius 3 is 2.75 bits per heavy atom. The van der Waals surface area contributed by atoms with Gasteiger partial charge < -0.3 is 20.3 Å². The van der Waals surface area contributed by atoms with E-state index in [0.29, 0.717) is 34.5 Å². The molecule has 0 unspecified atom stereocenters. The second-order valence-corrected chi connectivity index (χ2v) is 8.06. The molecule has 0 saturated carbocycles. The number of nitrogens with zero attached hydrogens (tertiary/aromatic N) is 6. The lowest BCUT2D eigenvalue weighted by atomic mass is 10.0. The predicted octanol–water partition coefficient (Wildman–Crippen LogP) is 2.12. The van der Waals surface area contributed by atoms with Gasteiger partial charge in [0.1, 0.15) is 6.33 Å². The Balaban J connectivity index is 1.54. The van der Waals surface area contributed by atoms with Gasteiger partial charge in [0.25, 0.3) is 5.91 Å². The second-order valence-electron chi connectivity index (χ2n) is 8.06. The Kier molecular flexibility index (Phi) is 5.06. The SMILES string of the molecule is COc1ncc2c(N3C[C@@H](C)N[C@@H](C)C3)ccc(C(=O)Nc3ccc4ncnn4c3)c2n1. The van der Waals surface area contributed by atoms with Gasteiger partial charge in [-0.2, -0.15) is 10.1 Å². The van der Waals surface area contributed by atoms with Crippen LogP contribution in [0.25, 0.3) is 16.6 Å². The minimum absolute atomic E-state index is 0.217. The standard InChI is InChI=1S/C22H24N8O2/c1-13-9-29(10-14(2)26-13)18-6-5-16(20-17(18)8-23-22(28-20)32-3)21(31)27-15-4-7-19-24-12-25-30(19)11-15/h4-8,11-14,26H,9-10H2,1-3H3,(H,27,31)/t13-,14+. The highest BCUT2D eigenvalue weighted by Crippen LogP contribution is 2.31. The maximum absolute atomic E-state index is 13.2. The fourth-order valence-electron chi connectivity index (χ4n) is 4.26. The largest absolute Gasteiger partial charge is 0.467 e. The Morgan fingerprint density at radius 2 is 1.97 bits per heavy atom. The molecule has 164 valence electrons. The van der Waals surface area contributed by atoms with E-state index in [9.17, 15) is 4.79 Å². The van der Waals surface area contributed by atoms with Crippen molar-refractivity contribution in [3.63, 3.8) is 0 Å². The van der Waals surface area contributed by atoms with Crippen LogP contribution in [0.4, 0.5) is 11.4 Å². The van der Waals surface area contributed by atoms with Crippen LogP contribution in [0.15, 0.2) is 43.0 Å². The molecule has 0 aliphatic carbocycles. The van der Waals surface area contributed by atoms with E-state index in [1.807, 2.05) is 12.1 Å². The van der Waals surface area contributed by atoms with Crippen LogP contribution in [-0.2, 0) is 0 Å². The van der Waals surface area contributed by atoms with Crippen molar-refractivity contribution in [1.29, 1.82) is 0 Å². The van der Waals surface area contributed by atoms with Gasteiger partial charge in [0.05, 0.1) is 30.1 Å². The molecule has 10 heteroatoms. The lowest BCUT2D eigenvalue weighted by Crippen LogP contribution is -2.54. The molecule has 1 saturated heterocycles. The van der Waals surface area contributed by atoms with Crippen LogP contribution >= 0.6 is 0 Å². The van der Waals surface area contributed by atoms with Crippen LogP contribution in [0.5, 0.6) is 6.01 Å². The van der Waals surface area contributed by atoms with E-state index >= 15 is 0 Å². The van der Waals surface area contributed by atoms with E-state index in [1.54, 1.807) is 29.0 Å². The highest BCUT2D eigenvalue weighted by molar-refractivity contribution is 6.13. The minimum Gasteiger partial charge on any atom is -0.467 e. The van der Waals surface area contributed by atoms with E-state index in [4.69, 9.17) is 4.74 Å². The van der Waals surface area contributed by atoms with Gasteiger partial charge in [-0.05, 0) is 38.1 Å². The van der Waals surface area contributed by atoms with Gasteiger partial charge in [-0.3, -0.25) is 4.79 Å². The number of aromatic nitrogens is 5. The summed E-state index contributed by atoms with van der Waals surface area (Å²) in [6.07, 6.45) is 4.91. The number of pyridine rings is 1. The summed E-state index contributed by atoms with van der Waals surface area (Å²) in [5.74, 6) is -0.274. The number of nitrogens with one attached hydrogen (secondary N) is 2. The molecule has 0 spiro atoms. The van der Waals surface area contributed by atoms with E-state index in [2.05, 4.69) is 49.4 Å². The zero-order valence-electron chi connectivity index (χ0n) is 18.1. The summed E-state index contributed by atoms with van der Waals surface area (Å²) in [6, 6.07) is 8.28. The molecular formula is C22H24N8O2. The van der Waals surface area contributed by atoms with Crippen LogP contribution in [0.2, 0.25) is 0 Å². The number of benzene rings is 1. The number of anilines is 2. The van der Waals surface area contributed by atoms with Crippen molar-refractivity contribution in [2.24, 2.45) is 0 Å². The van der Waals surface area contributed by atoms with Gasteiger partial charge in [0.15, 0.2) is 5.65 Å². The molecule has 1 fully saturated rings. The molecular weight excluding hydrogens is 408 g/mol. The number of methoxy groups -OCH3 is 1. The summed E-state index contributed by atoms with van der Waals surface area (Å²) in [4.78, 5) is 28.5. The quantitative estimate of drug-likeness (QED) is 0.505. The zero-order valence-corrected chi connectivity index (χ0v) is 18.1. The number of rotatable bonds is 4. The summed E-state index contributed by atoms with van der Waals surface area (Å²) in [7, 11) is 1.51. The molecule has 3 aromatic heterocycles. The number of piperazine rings is 1. The molecule has 2 atom stereocenters. The fourth-order valence-corrected chi connectivity index (χ4v) is 4.26. The maximum atomic E-state index is 13.2. The minimum atomic E-state index is -0.274. The number of carbonyl (C=O) groups is 1. The van der Waals surface area contributed by atoms with Crippen molar-refractivity contribution in [3.8, 4) is 6.01 Å². The first-order chi connectivity index (χ1) is 15.5. The number of carbonyl (C=O) groups excluding carboxylic acids is 1. The molecule has 4 aromatic rings. The molecule has 32 heavy (non-hydrogen) atoms. The Morgan fingerprint density at radius 1 is 1.16 bits per heavy atom. The van der Waals surface area contributed by atoms with Crippen molar-refractivity contribution < 1.29 is 9.53 Å². The third-order valence-corrected chi connectivity index (χ3v) is 5.56. The van der Waals surface area contributed by atoms with Crippen LogP contribution in [0.1, 0.15) is 24.2 Å². The molecule has 2 N–H and O–H groups in total. The smallest absolute Gasteiger partial charge is 0.316 e.